The lowest BCUT2D eigenvalue weighted by Crippen LogP contribution is -2.54. The molecule has 2 aliphatic rings. The lowest BCUT2D eigenvalue weighted by atomic mass is 10.0. The van der Waals surface area contributed by atoms with Gasteiger partial charge in [0.25, 0.3) is 0 Å². The second-order valence-electron chi connectivity index (χ2n) is 4.42. The standard InChI is InChI=1S/C9H14N4O4/c1-3(2)4(7(14)15)13-6-5(11-9(13)17)10-8(16)12-6/h3-6H,1-2H3,(H,11,17)(H,14,15)(H2,10,12,16)/t4-,5+,6-/m1/s1. The van der Waals surface area contributed by atoms with E-state index in [1.807, 2.05) is 0 Å². The fourth-order valence-electron chi connectivity index (χ4n) is 2.18. The Kier molecular flexibility index (Phi) is 2.56. The second-order valence-corrected chi connectivity index (χ2v) is 4.42. The second kappa shape index (κ2) is 3.79. The molecule has 4 amide bonds. The fraction of sp³-hybridized carbons (Fsp3) is 0.667. The number of nitrogens with zero attached hydrogens (tertiary/aromatic N) is 1. The molecule has 2 rings (SSSR count). The molecule has 0 aromatic carbocycles. The number of rotatable bonds is 3. The van der Waals surface area contributed by atoms with E-state index in [1.165, 1.54) is 0 Å². The summed E-state index contributed by atoms with van der Waals surface area (Å²) in [6.07, 6.45) is -1.23. The van der Waals surface area contributed by atoms with E-state index in [2.05, 4.69) is 16.0 Å². The van der Waals surface area contributed by atoms with Crippen LogP contribution in [0.15, 0.2) is 0 Å². The normalized spacial score (nSPS) is 28.5. The minimum Gasteiger partial charge on any atom is -0.480 e. The molecule has 0 bridgehead atoms. The van der Waals surface area contributed by atoms with Crippen molar-refractivity contribution in [3.05, 3.63) is 0 Å². The summed E-state index contributed by atoms with van der Waals surface area (Å²) in [5.41, 5.74) is 0. The van der Waals surface area contributed by atoms with E-state index in [0.717, 1.165) is 4.90 Å². The number of urea groups is 2. The lowest BCUT2D eigenvalue weighted by molar-refractivity contribution is -0.144. The summed E-state index contributed by atoms with van der Waals surface area (Å²) in [6.45, 7) is 3.42. The van der Waals surface area contributed by atoms with Crippen LogP contribution in [0.1, 0.15) is 13.8 Å². The molecule has 0 unspecified atom stereocenters. The van der Waals surface area contributed by atoms with Crippen molar-refractivity contribution in [2.45, 2.75) is 32.2 Å². The molecular formula is C9H14N4O4. The molecule has 0 spiro atoms. The number of amides is 4. The Hall–Kier alpha value is -1.99. The highest BCUT2D eigenvalue weighted by Gasteiger charge is 2.50. The van der Waals surface area contributed by atoms with Gasteiger partial charge in [0.15, 0.2) is 0 Å². The number of carboxylic acids is 1. The molecule has 8 heteroatoms. The fourth-order valence-corrected chi connectivity index (χ4v) is 2.18. The third-order valence-corrected chi connectivity index (χ3v) is 2.88. The number of carbonyl (C=O) groups excluding carboxylic acids is 2. The van der Waals surface area contributed by atoms with Gasteiger partial charge >= 0.3 is 18.0 Å². The van der Waals surface area contributed by atoms with E-state index < -0.39 is 36.4 Å². The quantitative estimate of drug-likeness (QED) is 0.513. The van der Waals surface area contributed by atoms with Gasteiger partial charge in [-0.1, -0.05) is 13.8 Å². The van der Waals surface area contributed by atoms with Gasteiger partial charge in [0.05, 0.1) is 0 Å². The molecule has 8 nitrogen and oxygen atoms in total. The SMILES string of the molecule is CC(C)[C@H](C(=O)O)N1C(=O)N[C@@H]2NC(=O)N[C@@H]21. The average molecular weight is 242 g/mol. The molecule has 0 aromatic heterocycles. The number of hydrogen-bond acceptors (Lipinski definition) is 3. The van der Waals surface area contributed by atoms with Gasteiger partial charge in [-0.2, -0.15) is 0 Å². The molecule has 0 aromatic rings. The zero-order chi connectivity index (χ0) is 12.7. The molecule has 2 aliphatic heterocycles. The van der Waals surface area contributed by atoms with Gasteiger partial charge in [-0.15, -0.1) is 0 Å². The van der Waals surface area contributed by atoms with Gasteiger partial charge in [-0.3, -0.25) is 4.90 Å². The van der Waals surface area contributed by atoms with Crippen molar-refractivity contribution >= 4 is 18.0 Å². The van der Waals surface area contributed by atoms with E-state index >= 15 is 0 Å². The molecule has 0 saturated carbocycles. The van der Waals surface area contributed by atoms with Crippen molar-refractivity contribution in [3.63, 3.8) is 0 Å². The minimum atomic E-state index is -1.09. The van der Waals surface area contributed by atoms with Gasteiger partial charge < -0.3 is 21.1 Å². The molecule has 2 saturated heterocycles. The van der Waals surface area contributed by atoms with Crippen molar-refractivity contribution in [2.75, 3.05) is 0 Å². The molecule has 94 valence electrons. The van der Waals surface area contributed by atoms with Crippen LogP contribution in [0.2, 0.25) is 0 Å². The summed E-state index contributed by atoms with van der Waals surface area (Å²) in [5.74, 6) is -1.34. The van der Waals surface area contributed by atoms with Crippen LogP contribution in [-0.4, -0.2) is 46.4 Å². The van der Waals surface area contributed by atoms with Gasteiger partial charge in [0.1, 0.15) is 18.4 Å². The summed E-state index contributed by atoms with van der Waals surface area (Å²) in [7, 11) is 0. The summed E-state index contributed by atoms with van der Waals surface area (Å²) >= 11 is 0. The van der Waals surface area contributed by atoms with Gasteiger partial charge in [-0.05, 0) is 5.92 Å². The Balaban J connectivity index is 2.26. The van der Waals surface area contributed by atoms with Crippen molar-refractivity contribution in [1.29, 1.82) is 0 Å². The Morgan fingerprint density at radius 1 is 1.29 bits per heavy atom. The first-order chi connectivity index (χ1) is 7.91. The van der Waals surface area contributed by atoms with Crippen molar-refractivity contribution < 1.29 is 19.5 Å². The van der Waals surface area contributed by atoms with E-state index in [0.29, 0.717) is 0 Å². The third-order valence-electron chi connectivity index (χ3n) is 2.88. The average Bonchev–Trinajstić information content (AvgIpc) is 2.64. The minimum absolute atomic E-state index is 0.255. The van der Waals surface area contributed by atoms with Crippen LogP contribution in [0.4, 0.5) is 9.59 Å². The maximum atomic E-state index is 11.7. The van der Waals surface area contributed by atoms with Crippen molar-refractivity contribution in [1.82, 2.24) is 20.9 Å². The summed E-state index contributed by atoms with van der Waals surface area (Å²) in [6, 6.07) is -1.88. The van der Waals surface area contributed by atoms with E-state index in [1.54, 1.807) is 13.8 Å². The first-order valence-electron chi connectivity index (χ1n) is 5.30. The van der Waals surface area contributed by atoms with E-state index in [4.69, 9.17) is 5.11 Å². The summed E-state index contributed by atoms with van der Waals surface area (Å²) in [4.78, 5) is 35.2. The number of carbonyl (C=O) groups is 3. The Bertz CT molecular complexity index is 383. The first-order valence-corrected chi connectivity index (χ1v) is 5.30. The zero-order valence-corrected chi connectivity index (χ0v) is 9.43. The third kappa shape index (κ3) is 1.75. The molecule has 0 aliphatic carbocycles. The maximum absolute atomic E-state index is 11.7. The van der Waals surface area contributed by atoms with Gasteiger partial charge in [-0.25, -0.2) is 14.4 Å². The lowest BCUT2D eigenvalue weighted by Gasteiger charge is -2.30. The summed E-state index contributed by atoms with van der Waals surface area (Å²) in [5, 5.41) is 16.7. The maximum Gasteiger partial charge on any atom is 0.326 e. The van der Waals surface area contributed by atoms with Crippen LogP contribution >= 0.6 is 0 Å². The molecule has 17 heavy (non-hydrogen) atoms. The van der Waals surface area contributed by atoms with Crippen LogP contribution in [0.25, 0.3) is 0 Å². The summed E-state index contributed by atoms with van der Waals surface area (Å²) < 4.78 is 0. The van der Waals surface area contributed by atoms with Gasteiger partial charge in [0, 0.05) is 0 Å². The molecule has 4 N–H and O–H groups in total. The van der Waals surface area contributed by atoms with Crippen molar-refractivity contribution in [3.8, 4) is 0 Å². The Morgan fingerprint density at radius 3 is 2.47 bits per heavy atom. The van der Waals surface area contributed by atoms with Gasteiger partial charge in [0.2, 0.25) is 0 Å². The van der Waals surface area contributed by atoms with E-state index in [-0.39, 0.29) is 5.92 Å². The number of nitrogens with one attached hydrogen (secondary N) is 3. The number of fused-ring (bicyclic) bond motifs is 1. The van der Waals surface area contributed by atoms with Crippen LogP contribution in [0.5, 0.6) is 0 Å². The molecule has 2 fully saturated rings. The first kappa shape index (κ1) is 11.5. The molecule has 0 radical (unpaired) electrons. The van der Waals surface area contributed by atoms with Crippen LogP contribution in [-0.2, 0) is 4.79 Å². The number of hydrogen-bond donors (Lipinski definition) is 4. The highest BCUT2D eigenvalue weighted by molar-refractivity contribution is 5.88. The number of aliphatic carboxylic acids is 1. The van der Waals surface area contributed by atoms with Crippen molar-refractivity contribution in [2.24, 2.45) is 5.92 Å². The molecule has 2 heterocycles. The molecular weight excluding hydrogens is 228 g/mol. The topological polar surface area (TPSA) is 111 Å². The number of carboxylic acid groups (broad SMARTS) is 1. The molecule has 3 atom stereocenters. The Labute approximate surface area is 97.3 Å². The predicted octanol–water partition coefficient (Wildman–Crippen LogP) is -0.914. The van der Waals surface area contributed by atoms with Crippen LogP contribution in [0, 0.1) is 5.92 Å². The smallest absolute Gasteiger partial charge is 0.326 e. The van der Waals surface area contributed by atoms with Crippen LogP contribution < -0.4 is 16.0 Å². The van der Waals surface area contributed by atoms with Crippen LogP contribution in [0.3, 0.4) is 0 Å². The monoisotopic (exact) mass is 242 g/mol. The van der Waals surface area contributed by atoms with E-state index in [9.17, 15) is 14.4 Å². The predicted molar refractivity (Wildman–Crippen MR) is 55.9 cm³/mol. The Morgan fingerprint density at radius 2 is 1.94 bits per heavy atom. The highest BCUT2D eigenvalue weighted by Crippen LogP contribution is 2.21. The zero-order valence-electron chi connectivity index (χ0n) is 9.43. The largest absolute Gasteiger partial charge is 0.480 e. The highest BCUT2D eigenvalue weighted by atomic mass is 16.4.